The Kier molecular flexibility index (Phi) is 3.82. The third-order valence-corrected chi connectivity index (χ3v) is 6.71. The van der Waals surface area contributed by atoms with Gasteiger partial charge in [0.1, 0.15) is 6.26 Å². The minimum absolute atomic E-state index is 0.277. The molecule has 2 heteroatoms. The van der Waals surface area contributed by atoms with Gasteiger partial charge in [-0.3, -0.25) is 0 Å². The molecule has 0 aliphatic heterocycles. The van der Waals surface area contributed by atoms with Crippen molar-refractivity contribution >= 4 is 8.32 Å². The van der Waals surface area contributed by atoms with E-state index in [-0.39, 0.29) is 5.04 Å². The number of rotatable bonds is 2. The summed E-state index contributed by atoms with van der Waals surface area (Å²) in [6, 6.07) is 0. The van der Waals surface area contributed by atoms with Crippen molar-refractivity contribution < 1.29 is 4.43 Å². The van der Waals surface area contributed by atoms with Crippen LogP contribution in [0.3, 0.4) is 0 Å². The summed E-state index contributed by atoms with van der Waals surface area (Å²) in [6.45, 7) is 13.1. The smallest absolute Gasteiger partial charge is 0.250 e. The highest BCUT2D eigenvalue weighted by Gasteiger charge is 2.37. The number of hydrogen-bond acceptors (Lipinski definition) is 1. The molecule has 0 amide bonds. The molecule has 0 aliphatic rings. The van der Waals surface area contributed by atoms with Gasteiger partial charge in [-0.05, 0) is 31.1 Å². The largest absolute Gasteiger partial charge is 0.543 e. The van der Waals surface area contributed by atoms with Crippen LogP contribution in [0.1, 0.15) is 27.7 Å². The average Bonchev–Trinajstić information content (AvgIpc) is 1.85. The first-order valence-electron chi connectivity index (χ1n) is 4.34. The number of hydrogen-bond donors (Lipinski definition) is 0. The molecule has 0 saturated carbocycles. The van der Waals surface area contributed by atoms with Crippen LogP contribution in [0.25, 0.3) is 0 Å². The van der Waals surface area contributed by atoms with Crippen molar-refractivity contribution in [1.29, 1.82) is 0 Å². The van der Waals surface area contributed by atoms with Crippen LogP contribution in [-0.2, 0) is 4.43 Å². The van der Waals surface area contributed by atoms with Gasteiger partial charge in [-0.1, -0.05) is 26.5 Å². The van der Waals surface area contributed by atoms with E-state index in [1.807, 2.05) is 13.0 Å². The van der Waals surface area contributed by atoms with E-state index in [0.717, 1.165) is 0 Å². The molecular formula is C10H20OSi. The van der Waals surface area contributed by atoms with Crippen LogP contribution in [0.15, 0.2) is 18.1 Å². The Morgan fingerprint density at radius 1 is 1.25 bits per heavy atom. The molecule has 0 atom stereocenters. The molecule has 0 spiro atoms. The van der Waals surface area contributed by atoms with Crippen molar-refractivity contribution in [3.05, 3.63) is 18.1 Å². The van der Waals surface area contributed by atoms with Gasteiger partial charge in [-0.15, -0.1) is 0 Å². The highest BCUT2D eigenvalue weighted by molar-refractivity contribution is 6.74. The molecular weight excluding hydrogens is 164 g/mol. The first-order chi connectivity index (χ1) is 5.31. The lowest BCUT2D eigenvalue weighted by Gasteiger charge is -2.34. The van der Waals surface area contributed by atoms with Crippen molar-refractivity contribution in [3.63, 3.8) is 0 Å². The molecule has 0 N–H and O–H groups in total. The summed E-state index contributed by atoms with van der Waals surface area (Å²) < 4.78 is 5.71. The summed E-state index contributed by atoms with van der Waals surface area (Å²) in [5, 5.41) is 0.277. The molecule has 70 valence electrons. The Morgan fingerprint density at radius 2 is 1.75 bits per heavy atom. The third-order valence-electron chi connectivity index (χ3n) is 2.39. The van der Waals surface area contributed by atoms with Gasteiger partial charge < -0.3 is 4.43 Å². The van der Waals surface area contributed by atoms with E-state index in [4.69, 9.17) is 4.43 Å². The predicted molar refractivity (Wildman–Crippen MR) is 56.6 cm³/mol. The van der Waals surface area contributed by atoms with Crippen LogP contribution < -0.4 is 0 Å². The Morgan fingerprint density at radius 3 is 2.08 bits per heavy atom. The molecule has 0 aromatic carbocycles. The maximum absolute atomic E-state index is 5.71. The van der Waals surface area contributed by atoms with Crippen molar-refractivity contribution in [2.24, 2.45) is 0 Å². The SMILES string of the molecule is CC=C=CO[Si](C)(C)C(C)(C)C. The molecule has 0 fully saturated rings. The number of allylic oxidation sites excluding steroid dienone is 1. The van der Waals surface area contributed by atoms with Gasteiger partial charge >= 0.3 is 0 Å². The van der Waals surface area contributed by atoms with Crippen LogP contribution in [0.2, 0.25) is 18.1 Å². The van der Waals surface area contributed by atoms with Gasteiger partial charge in [0.15, 0.2) is 0 Å². The summed E-state index contributed by atoms with van der Waals surface area (Å²) >= 11 is 0. The summed E-state index contributed by atoms with van der Waals surface area (Å²) in [6.07, 6.45) is 3.55. The maximum Gasteiger partial charge on any atom is 0.250 e. The van der Waals surface area contributed by atoms with Crippen LogP contribution in [0.5, 0.6) is 0 Å². The van der Waals surface area contributed by atoms with E-state index in [0.29, 0.717) is 0 Å². The summed E-state index contributed by atoms with van der Waals surface area (Å²) in [7, 11) is -1.58. The van der Waals surface area contributed by atoms with Crippen LogP contribution in [0, 0.1) is 0 Å². The molecule has 0 rings (SSSR count). The third kappa shape index (κ3) is 3.29. The van der Waals surface area contributed by atoms with E-state index in [1.54, 1.807) is 6.26 Å². The van der Waals surface area contributed by atoms with Gasteiger partial charge in [0.25, 0.3) is 8.32 Å². The maximum atomic E-state index is 5.71. The molecule has 0 unspecified atom stereocenters. The fraction of sp³-hybridized carbons (Fsp3) is 0.700. The van der Waals surface area contributed by atoms with Gasteiger partial charge in [0.05, 0.1) is 0 Å². The Hall–Kier alpha value is -0.463. The van der Waals surface area contributed by atoms with Gasteiger partial charge in [-0.25, -0.2) is 0 Å². The average molecular weight is 184 g/mol. The zero-order valence-electron chi connectivity index (χ0n) is 9.06. The minimum Gasteiger partial charge on any atom is -0.543 e. The van der Waals surface area contributed by atoms with E-state index in [9.17, 15) is 0 Å². The second kappa shape index (κ2) is 3.97. The lowest BCUT2D eigenvalue weighted by molar-refractivity contribution is 0.431. The quantitative estimate of drug-likeness (QED) is 0.361. The monoisotopic (exact) mass is 184 g/mol. The molecule has 0 aromatic rings. The minimum atomic E-state index is -1.58. The highest BCUT2D eigenvalue weighted by atomic mass is 28.4. The van der Waals surface area contributed by atoms with Crippen LogP contribution in [0.4, 0.5) is 0 Å². The highest BCUT2D eigenvalue weighted by Crippen LogP contribution is 2.36. The van der Waals surface area contributed by atoms with E-state index < -0.39 is 8.32 Å². The van der Waals surface area contributed by atoms with Crippen molar-refractivity contribution in [3.8, 4) is 0 Å². The second-order valence-corrected chi connectivity index (χ2v) is 9.21. The molecule has 0 saturated heterocycles. The summed E-state index contributed by atoms with van der Waals surface area (Å²) in [5.74, 6) is 0. The zero-order valence-corrected chi connectivity index (χ0v) is 10.1. The first kappa shape index (κ1) is 11.5. The molecule has 1 nitrogen and oxygen atoms in total. The van der Waals surface area contributed by atoms with Gasteiger partial charge in [0, 0.05) is 0 Å². The fourth-order valence-corrected chi connectivity index (χ4v) is 1.14. The normalized spacial score (nSPS) is 11.8. The van der Waals surface area contributed by atoms with Crippen molar-refractivity contribution in [2.45, 2.75) is 45.8 Å². The molecule has 12 heavy (non-hydrogen) atoms. The van der Waals surface area contributed by atoms with Crippen molar-refractivity contribution in [1.82, 2.24) is 0 Å². The first-order valence-corrected chi connectivity index (χ1v) is 7.25. The lowest BCUT2D eigenvalue weighted by atomic mass is 10.2. The second-order valence-electron chi connectivity index (χ2n) is 4.45. The summed E-state index contributed by atoms with van der Waals surface area (Å²) in [5.41, 5.74) is 2.94. The molecule has 0 heterocycles. The molecule has 0 aromatic heterocycles. The Labute approximate surface area is 77.3 Å². The molecule has 0 bridgehead atoms. The van der Waals surface area contributed by atoms with E-state index in [1.165, 1.54) is 0 Å². The van der Waals surface area contributed by atoms with E-state index in [2.05, 4.69) is 39.6 Å². The van der Waals surface area contributed by atoms with Gasteiger partial charge in [0.2, 0.25) is 0 Å². The van der Waals surface area contributed by atoms with Crippen LogP contribution >= 0.6 is 0 Å². The van der Waals surface area contributed by atoms with E-state index >= 15 is 0 Å². The fourth-order valence-electron chi connectivity index (χ4n) is 0.426. The molecule has 0 radical (unpaired) electrons. The standard InChI is InChI=1S/C10H20OSi/c1-7-8-9-11-12(5,6)10(2,3)4/h7,9H,1-6H3. The topological polar surface area (TPSA) is 9.23 Å². The predicted octanol–water partition coefficient (Wildman–Crippen LogP) is 3.70. The zero-order chi connectivity index (χ0) is 9.83. The van der Waals surface area contributed by atoms with Crippen molar-refractivity contribution in [2.75, 3.05) is 0 Å². The summed E-state index contributed by atoms with van der Waals surface area (Å²) in [4.78, 5) is 0. The Bertz CT molecular complexity index is 192. The Balaban J connectivity index is 4.33. The van der Waals surface area contributed by atoms with Gasteiger partial charge in [-0.2, -0.15) is 0 Å². The van der Waals surface area contributed by atoms with Crippen LogP contribution in [-0.4, -0.2) is 8.32 Å². The molecule has 0 aliphatic carbocycles. The lowest BCUT2D eigenvalue weighted by Crippen LogP contribution is -2.38.